The second-order valence-corrected chi connectivity index (χ2v) is 5.40. The molecule has 0 fully saturated rings. The Morgan fingerprint density at radius 2 is 1.50 bits per heavy atom. The van der Waals surface area contributed by atoms with E-state index >= 15 is 0 Å². The van der Waals surface area contributed by atoms with Crippen LogP contribution in [0.2, 0.25) is 0 Å². The van der Waals surface area contributed by atoms with Crippen molar-refractivity contribution in [2.75, 3.05) is 21.3 Å². The fourth-order valence-electron chi connectivity index (χ4n) is 0.954. The summed E-state index contributed by atoms with van der Waals surface area (Å²) in [5, 5.41) is 0. The topological polar surface area (TPSA) is 53.7 Å². The number of hydrogen-bond acceptors (Lipinski definition) is 4. The van der Waals surface area contributed by atoms with Crippen molar-refractivity contribution in [2.24, 2.45) is 5.73 Å². The molecule has 0 heterocycles. The van der Waals surface area contributed by atoms with Gasteiger partial charge in [0.05, 0.1) is 5.67 Å². The van der Waals surface area contributed by atoms with Crippen molar-refractivity contribution in [3.05, 3.63) is 0 Å². The summed E-state index contributed by atoms with van der Waals surface area (Å²) >= 11 is 0. The van der Waals surface area contributed by atoms with E-state index in [1.165, 1.54) is 0 Å². The molecule has 0 rings (SSSR count). The maximum absolute atomic E-state index is 5.77. The zero-order chi connectivity index (χ0) is 8.91. The highest BCUT2D eigenvalue weighted by molar-refractivity contribution is 6.62. The maximum atomic E-state index is 5.77. The lowest BCUT2D eigenvalue weighted by Crippen LogP contribution is -2.58. The number of halogens is 1. The second-order valence-electron chi connectivity index (χ2n) is 2.23. The van der Waals surface area contributed by atoms with Gasteiger partial charge in [-0.15, -0.1) is 12.4 Å². The third-order valence-electron chi connectivity index (χ3n) is 1.75. The van der Waals surface area contributed by atoms with Gasteiger partial charge in [0, 0.05) is 21.3 Å². The van der Waals surface area contributed by atoms with E-state index in [-0.39, 0.29) is 18.1 Å². The van der Waals surface area contributed by atoms with E-state index in [1.807, 2.05) is 6.92 Å². The van der Waals surface area contributed by atoms with Crippen LogP contribution in [-0.2, 0) is 13.3 Å². The summed E-state index contributed by atoms with van der Waals surface area (Å²) in [6.07, 6.45) is 0.793. The first-order valence-corrected chi connectivity index (χ1v) is 5.38. The molecule has 0 bridgehead atoms. The Morgan fingerprint density at radius 3 is 1.58 bits per heavy atom. The van der Waals surface area contributed by atoms with Crippen LogP contribution in [0.4, 0.5) is 0 Å². The minimum absolute atomic E-state index is 0. The van der Waals surface area contributed by atoms with Crippen LogP contribution in [0.3, 0.4) is 0 Å². The van der Waals surface area contributed by atoms with Crippen LogP contribution in [0.25, 0.3) is 0 Å². The van der Waals surface area contributed by atoms with Gasteiger partial charge in [-0.25, -0.2) is 0 Å². The van der Waals surface area contributed by atoms with Crippen molar-refractivity contribution in [3.8, 4) is 0 Å². The largest absolute Gasteiger partial charge is 0.517 e. The van der Waals surface area contributed by atoms with Gasteiger partial charge >= 0.3 is 8.80 Å². The molecule has 6 heteroatoms. The van der Waals surface area contributed by atoms with Gasteiger partial charge in [0.2, 0.25) is 0 Å². The Kier molecular flexibility index (Phi) is 8.44. The minimum atomic E-state index is -2.54. The Hall–Kier alpha value is 0.347. The average molecular weight is 216 g/mol. The smallest absolute Gasteiger partial charge is 0.376 e. The first-order valence-electron chi connectivity index (χ1n) is 3.57. The Morgan fingerprint density at radius 1 is 1.17 bits per heavy atom. The predicted octanol–water partition coefficient (Wildman–Crippen LogP) is 0.563. The van der Waals surface area contributed by atoms with Crippen LogP contribution in [0.5, 0.6) is 0 Å². The zero-order valence-corrected chi connectivity index (χ0v) is 9.81. The highest BCUT2D eigenvalue weighted by Gasteiger charge is 2.44. The van der Waals surface area contributed by atoms with E-state index in [0.29, 0.717) is 0 Å². The van der Waals surface area contributed by atoms with Gasteiger partial charge in [0.15, 0.2) is 0 Å². The first-order chi connectivity index (χ1) is 5.16. The van der Waals surface area contributed by atoms with Crippen LogP contribution in [-0.4, -0.2) is 35.8 Å². The molecule has 0 radical (unpaired) electrons. The van der Waals surface area contributed by atoms with Crippen molar-refractivity contribution in [1.29, 1.82) is 0 Å². The minimum Gasteiger partial charge on any atom is -0.376 e. The molecule has 12 heavy (non-hydrogen) atoms. The summed E-state index contributed by atoms with van der Waals surface area (Å²) in [5.74, 6) is 0. The Balaban J connectivity index is 0. The van der Waals surface area contributed by atoms with Crippen molar-refractivity contribution >= 4 is 21.2 Å². The first kappa shape index (κ1) is 14.8. The monoisotopic (exact) mass is 215 g/mol. The normalized spacial score (nSPS) is 13.8. The zero-order valence-electron chi connectivity index (χ0n) is 7.99. The van der Waals surface area contributed by atoms with Crippen LogP contribution >= 0.6 is 12.4 Å². The molecular weight excluding hydrogens is 198 g/mol. The average Bonchev–Trinajstić information content (AvgIpc) is 2.08. The molecule has 1 atom stereocenters. The molecule has 0 saturated heterocycles. The van der Waals surface area contributed by atoms with Gasteiger partial charge in [-0.05, 0) is 6.42 Å². The van der Waals surface area contributed by atoms with E-state index in [2.05, 4.69) is 0 Å². The van der Waals surface area contributed by atoms with Crippen molar-refractivity contribution in [2.45, 2.75) is 19.0 Å². The van der Waals surface area contributed by atoms with Crippen LogP contribution in [0.1, 0.15) is 13.3 Å². The standard InChI is InChI=1S/C6H17NO3Si.ClH/c1-5-6(7)11(8-2,9-3)10-4;/h6H,5,7H2,1-4H3;1H. The molecule has 0 amide bonds. The van der Waals surface area contributed by atoms with E-state index in [1.54, 1.807) is 21.3 Å². The van der Waals surface area contributed by atoms with Crippen LogP contribution in [0, 0.1) is 0 Å². The summed E-state index contributed by atoms with van der Waals surface area (Å²) in [6, 6.07) is 0. The van der Waals surface area contributed by atoms with Gasteiger partial charge in [0.25, 0.3) is 0 Å². The lowest BCUT2D eigenvalue weighted by atomic mass is 10.5. The fourth-order valence-corrected chi connectivity index (χ4v) is 2.86. The van der Waals surface area contributed by atoms with Gasteiger partial charge in [-0.1, -0.05) is 6.92 Å². The molecule has 0 saturated carbocycles. The molecule has 0 aliphatic rings. The highest BCUT2D eigenvalue weighted by Crippen LogP contribution is 2.11. The maximum Gasteiger partial charge on any atom is 0.517 e. The summed E-state index contributed by atoms with van der Waals surface area (Å²) in [4.78, 5) is 0. The van der Waals surface area contributed by atoms with Crippen molar-refractivity contribution in [3.63, 3.8) is 0 Å². The molecule has 0 aliphatic carbocycles. The van der Waals surface area contributed by atoms with E-state index in [9.17, 15) is 0 Å². The van der Waals surface area contributed by atoms with Gasteiger partial charge in [-0.3, -0.25) is 0 Å². The Labute approximate surface area is 81.1 Å². The van der Waals surface area contributed by atoms with E-state index in [4.69, 9.17) is 19.0 Å². The Bertz CT molecular complexity index is 105. The number of hydrogen-bond donors (Lipinski definition) is 1. The summed E-state index contributed by atoms with van der Waals surface area (Å²) in [5.41, 5.74) is 5.63. The molecule has 0 aliphatic heterocycles. The SMILES string of the molecule is CCC(N)[Si](OC)(OC)OC.Cl. The van der Waals surface area contributed by atoms with Crippen LogP contribution in [0.15, 0.2) is 0 Å². The summed E-state index contributed by atoms with van der Waals surface area (Å²) < 4.78 is 15.5. The van der Waals surface area contributed by atoms with Crippen LogP contribution < -0.4 is 5.73 Å². The van der Waals surface area contributed by atoms with Crippen molar-refractivity contribution < 1.29 is 13.3 Å². The summed E-state index contributed by atoms with van der Waals surface area (Å²) in [6.45, 7) is 1.98. The fraction of sp³-hybridized carbons (Fsp3) is 1.00. The third kappa shape index (κ3) is 3.00. The van der Waals surface area contributed by atoms with Crippen molar-refractivity contribution in [1.82, 2.24) is 0 Å². The van der Waals surface area contributed by atoms with Gasteiger partial charge < -0.3 is 19.0 Å². The van der Waals surface area contributed by atoms with Gasteiger partial charge in [-0.2, -0.15) is 0 Å². The molecule has 0 aromatic heterocycles. The molecule has 0 spiro atoms. The molecular formula is C6H18ClNO3Si. The number of rotatable bonds is 5. The number of nitrogens with two attached hydrogens (primary N) is 1. The van der Waals surface area contributed by atoms with E-state index < -0.39 is 8.80 Å². The lowest BCUT2D eigenvalue weighted by Gasteiger charge is -2.28. The third-order valence-corrected chi connectivity index (χ3v) is 4.77. The molecule has 0 aromatic carbocycles. The highest BCUT2D eigenvalue weighted by atomic mass is 35.5. The molecule has 1 unspecified atom stereocenters. The quantitative estimate of drug-likeness (QED) is 0.682. The molecule has 4 nitrogen and oxygen atoms in total. The summed E-state index contributed by atoms with van der Waals surface area (Å²) in [7, 11) is 2.15. The molecule has 0 aromatic rings. The van der Waals surface area contributed by atoms with E-state index in [0.717, 1.165) is 6.42 Å². The second kappa shape index (κ2) is 6.82. The molecule has 76 valence electrons. The lowest BCUT2D eigenvalue weighted by molar-refractivity contribution is 0.112. The van der Waals surface area contributed by atoms with Gasteiger partial charge in [0.1, 0.15) is 0 Å². The molecule has 2 N–H and O–H groups in total. The predicted molar refractivity (Wildman–Crippen MR) is 52.3 cm³/mol.